The van der Waals surface area contributed by atoms with Crippen molar-refractivity contribution in [3.8, 4) is 0 Å². The first-order valence-electron chi connectivity index (χ1n) is 6.65. The number of nitrogens with zero attached hydrogens (tertiary/aromatic N) is 2. The summed E-state index contributed by atoms with van der Waals surface area (Å²) in [7, 11) is 5.69. The number of anilines is 2. The molecule has 0 aliphatic carbocycles. The fourth-order valence-electron chi connectivity index (χ4n) is 1.87. The first-order valence-corrected chi connectivity index (χ1v) is 6.65. The van der Waals surface area contributed by atoms with Crippen molar-refractivity contribution in [2.24, 2.45) is 5.92 Å². The van der Waals surface area contributed by atoms with Crippen molar-refractivity contribution in [3.05, 3.63) is 23.8 Å². The van der Waals surface area contributed by atoms with Crippen molar-refractivity contribution in [1.29, 1.82) is 0 Å². The molecule has 0 heterocycles. The van der Waals surface area contributed by atoms with Gasteiger partial charge in [-0.1, -0.05) is 13.8 Å². The molecule has 1 rings (SSSR count). The number of hydrogen-bond acceptors (Lipinski definition) is 3. The molecule has 0 spiro atoms. The average molecular weight is 263 g/mol. The number of benzene rings is 1. The topological polar surface area (TPSA) is 49.6 Å². The van der Waals surface area contributed by atoms with Crippen LogP contribution in [0.2, 0.25) is 0 Å². The van der Waals surface area contributed by atoms with Gasteiger partial charge in [-0.3, -0.25) is 4.79 Å². The van der Waals surface area contributed by atoms with Crippen LogP contribution in [0, 0.1) is 5.92 Å². The maximum Gasteiger partial charge on any atom is 0.255 e. The molecule has 106 valence electrons. The Hall–Kier alpha value is -1.71. The number of rotatable bonds is 5. The molecule has 0 aliphatic rings. The average Bonchev–Trinajstić information content (AvgIpc) is 2.34. The molecule has 1 aromatic rings. The first kappa shape index (κ1) is 15.3. The number of carbonyl (C=O) groups excluding carboxylic acids is 1. The van der Waals surface area contributed by atoms with E-state index in [0.717, 1.165) is 18.7 Å². The molecule has 1 amide bonds. The Morgan fingerprint density at radius 3 is 2.42 bits per heavy atom. The van der Waals surface area contributed by atoms with Gasteiger partial charge in [0.2, 0.25) is 0 Å². The lowest BCUT2D eigenvalue weighted by Gasteiger charge is -2.23. The molecule has 4 heteroatoms. The Bertz CT molecular complexity index is 441. The molecule has 0 saturated carbocycles. The molecule has 0 aromatic heterocycles. The lowest BCUT2D eigenvalue weighted by Crippen LogP contribution is -2.30. The van der Waals surface area contributed by atoms with Crippen LogP contribution in [-0.4, -0.2) is 38.5 Å². The summed E-state index contributed by atoms with van der Waals surface area (Å²) in [6, 6.07) is 5.46. The molecule has 0 saturated heterocycles. The monoisotopic (exact) mass is 263 g/mol. The minimum Gasteiger partial charge on any atom is -0.399 e. The van der Waals surface area contributed by atoms with Crippen molar-refractivity contribution in [1.82, 2.24) is 4.90 Å². The second kappa shape index (κ2) is 6.45. The highest BCUT2D eigenvalue weighted by Gasteiger charge is 2.17. The van der Waals surface area contributed by atoms with Gasteiger partial charge in [-0.05, 0) is 30.5 Å². The summed E-state index contributed by atoms with van der Waals surface area (Å²) in [5, 5.41) is 0. The second-order valence-corrected chi connectivity index (χ2v) is 5.58. The van der Waals surface area contributed by atoms with Crippen LogP contribution in [0.4, 0.5) is 11.4 Å². The molecule has 0 unspecified atom stereocenters. The quantitative estimate of drug-likeness (QED) is 0.830. The van der Waals surface area contributed by atoms with Crippen LogP contribution in [0.5, 0.6) is 0 Å². The van der Waals surface area contributed by atoms with Crippen LogP contribution in [0.3, 0.4) is 0 Å². The molecular weight excluding hydrogens is 238 g/mol. The molecule has 19 heavy (non-hydrogen) atoms. The zero-order valence-electron chi connectivity index (χ0n) is 12.6. The normalized spacial score (nSPS) is 10.6. The predicted molar refractivity (Wildman–Crippen MR) is 81.6 cm³/mol. The Kier molecular flexibility index (Phi) is 5.21. The molecule has 0 bridgehead atoms. The maximum atomic E-state index is 12.5. The Balaban J connectivity index is 2.94. The van der Waals surface area contributed by atoms with Gasteiger partial charge < -0.3 is 15.5 Å². The zero-order chi connectivity index (χ0) is 14.6. The second-order valence-electron chi connectivity index (χ2n) is 5.58. The van der Waals surface area contributed by atoms with E-state index in [4.69, 9.17) is 5.73 Å². The summed E-state index contributed by atoms with van der Waals surface area (Å²) >= 11 is 0. The highest BCUT2D eigenvalue weighted by molar-refractivity contribution is 6.00. The van der Waals surface area contributed by atoms with E-state index in [9.17, 15) is 4.79 Å². The summed E-state index contributed by atoms with van der Waals surface area (Å²) in [6.45, 7) is 5.08. The van der Waals surface area contributed by atoms with E-state index in [1.54, 1.807) is 11.0 Å². The predicted octanol–water partition coefficient (Wildman–Crippen LogP) is 2.45. The van der Waals surface area contributed by atoms with E-state index in [0.29, 0.717) is 17.2 Å². The SMILES string of the molecule is CC(C)CCN(C)C(=O)c1cc(N)ccc1N(C)C. The van der Waals surface area contributed by atoms with Crippen molar-refractivity contribution < 1.29 is 4.79 Å². The van der Waals surface area contributed by atoms with E-state index in [1.807, 2.05) is 38.2 Å². The third-order valence-electron chi connectivity index (χ3n) is 3.12. The Morgan fingerprint density at radius 1 is 1.26 bits per heavy atom. The smallest absolute Gasteiger partial charge is 0.255 e. The van der Waals surface area contributed by atoms with Crippen LogP contribution in [-0.2, 0) is 0 Å². The number of nitrogens with two attached hydrogens (primary N) is 1. The van der Waals surface area contributed by atoms with Crippen LogP contribution in [0.1, 0.15) is 30.6 Å². The van der Waals surface area contributed by atoms with Crippen LogP contribution < -0.4 is 10.6 Å². The zero-order valence-corrected chi connectivity index (χ0v) is 12.6. The molecular formula is C15H25N3O. The van der Waals surface area contributed by atoms with Crippen LogP contribution >= 0.6 is 0 Å². The van der Waals surface area contributed by atoms with Gasteiger partial charge in [-0.15, -0.1) is 0 Å². The Morgan fingerprint density at radius 2 is 1.89 bits per heavy atom. The fraction of sp³-hybridized carbons (Fsp3) is 0.533. The number of nitrogen functional groups attached to an aromatic ring is 1. The lowest BCUT2D eigenvalue weighted by molar-refractivity contribution is 0.0790. The summed E-state index contributed by atoms with van der Waals surface area (Å²) in [5.74, 6) is 0.612. The summed E-state index contributed by atoms with van der Waals surface area (Å²) in [5.41, 5.74) is 7.98. The van der Waals surface area contributed by atoms with Gasteiger partial charge in [-0.25, -0.2) is 0 Å². The van der Waals surface area contributed by atoms with E-state index in [-0.39, 0.29) is 5.91 Å². The van der Waals surface area contributed by atoms with Gasteiger partial charge in [0, 0.05) is 39.1 Å². The molecule has 0 aliphatic heterocycles. The van der Waals surface area contributed by atoms with Gasteiger partial charge >= 0.3 is 0 Å². The van der Waals surface area contributed by atoms with E-state index >= 15 is 0 Å². The minimum absolute atomic E-state index is 0.0247. The summed E-state index contributed by atoms with van der Waals surface area (Å²) in [4.78, 5) is 16.2. The van der Waals surface area contributed by atoms with Crippen LogP contribution in [0.25, 0.3) is 0 Å². The fourth-order valence-corrected chi connectivity index (χ4v) is 1.87. The number of amides is 1. The van der Waals surface area contributed by atoms with Gasteiger partial charge in [0.15, 0.2) is 0 Å². The van der Waals surface area contributed by atoms with Crippen LogP contribution in [0.15, 0.2) is 18.2 Å². The largest absolute Gasteiger partial charge is 0.399 e. The standard InChI is InChI=1S/C15H25N3O/c1-11(2)8-9-18(5)15(19)13-10-12(16)6-7-14(13)17(3)4/h6-7,10-11H,8-9,16H2,1-5H3. The van der Waals surface area contributed by atoms with Gasteiger partial charge in [0.1, 0.15) is 0 Å². The maximum absolute atomic E-state index is 12.5. The molecule has 0 atom stereocenters. The van der Waals surface area contributed by atoms with Crippen molar-refractivity contribution in [3.63, 3.8) is 0 Å². The Labute approximate surface area is 116 Å². The molecule has 0 radical (unpaired) electrons. The van der Waals surface area contributed by atoms with E-state index in [1.165, 1.54) is 0 Å². The first-order chi connectivity index (χ1) is 8.82. The third kappa shape index (κ3) is 4.16. The number of hydrogen-bond donors (Lipinski definition) is 1. The van der Waals surface area contributed by atoms with Crippen molar-refractivity contribution >= 4 is 17.3 Å². The van der Waals surface area contributed by atoms with Gasteiger partial charge in [0.05, 0.1) is 5.56 Å². The number of carbonyl (C=O) groups is 1. The van der Waals surface area contributed by atoms with Crippen molar-refractivity contribution in [2.45, 2.75) is 20.3 Å². The molecule has 1 aromatic carbocycles. The van der Waals surface area contributed by atoms with E-state index in [2.05, 4.69) is 13.8 Å². The highest BCUT2D eigenvalue weighted by atomic mass is 16.2. The van der Waals surface area contributed by atoms with E-state index < -0.39 is 0 Å². The minimum atomic E-state index is 0.0247. The lowest BCUT2D eigenvalue weighted by atomic mass is 10.1. The molecule has 2 N–H and O–H groups in total. The van der Waals surface area contributed by atoms with Gasteiger partial charge in [-0.2, -0.15) is 0 Å². The summed E-state index contributed by atoms with van der Waals surface area (Å²) < 4.78 is 0. The molecule has 4 nitrogen and oxygen atoms in total. The third-order valence-corrected chi connectivity index (χ3v) is 3.12. The highest BCUT2D eigenvalue weighted by Crippen LogP contribution is 2.23. The molecule has 0 fully saturated rings. The van der Waals surface area contributed by atoms with Crippen molar-refractivity contribution in [2.75, 3.05) is 38.3 Å². The summed E-state index contributed by atoms with van der Waals surface area (Å²) in [6.07, 6.45) is 1.00. The van der Waals surface area contributed by atoms with Gasteiger partial charge in [0.25, 0.3) is 5.91 Å².